The molecular weight excluding hydrogens is 436 g/mol. The minimum atomic E-state index is -0.375. The summed E-state index contributed by atoms with van der Waals surface area (Å²) in [5, 5.41) is 0. The van der Waals surface area contributed by atoms with Crippen molar-refractivity contribution in [2.24, 2.45) is 41.4 Å². The van der Waals surface area contributed by atoms with Gasteiger partial charge in [-0.2, -0.15) is 0 Å². The minimum Gasteiger partial charge on any atom is -0.465 e. The summed E-state index contributed by atoms with van der Waals surface area (Å²) in [5.41, 5.74) is 0. The van der Waals surface area contributed by atoms with Gasteiger partial charge in [0.05, 0.1) is 11.8 Å². The highest BCUT2D eigenvalue weighted by Gasteiger charge is 2.34. The molecule has 4 rings (SSSR count). The molecule has 0 aromatic heterocycles. The van der Waals surface area contributed by atoms with Gasteiger partial charge in [0.1, 0.15) is 12.7 Å². The molecule has 4 fully saturated rings. The van der Waals surface area contributed by atoms with Gasteiger partial charge in [-0.1, -0.05) is 58.3 Å². The minimum absolute atomic E-state index is 0.0246. The average Bonchev–Trinajstić information content (AvgIpc) is 2.92. The molecule has 0 heterocycles. The Kier molecular flexibility index (Phi) is 10.4. The summed E-state index contributed by atoms with van der Waals surface area (Å²) in [6, 6.07) is 0. The Morgan fingerprint density at radius 3 is 1.77 bits per heavy atom. The summed E-state index contributed by atoms with van der Waals surface area (Å²) in [6.07, 6.45) is 22.7. The van der Waals surface area contributed by atoms with Gasteiger partial charge < -0.3 is 9.47 Å². The van der Waals surface area contributed by atoms with Gasteiger partial charge in [-0.3, -0.25) is 9.59 Å². The quantitative estimate of drug-likeness (QED) is 0.326. The fourth-order valence-corrected chi connectivity index (χ4v) is 7.85. The highest BCUT2D eigenvalue weighted by molar-refractivity contribution is 5.75. The molecule has 4 aliphatic carbocycles. The third-order valence-electron chi connectivity index (χ3n) is 10.4. The summed E-state index contributed by atoms with van der Waals surface area (Å²) in [4.78, 5) is 25.3. The van der Waals surface area contributed by atoms with E-state index >= 15 is 0 Å². The van der Waals surface area contributed by atoms with Gasteiger partial charge in [-0.25, -0.2) is 0 Å². The molecule has 4 nitrogen and oxygen atoms in total. The first kappa shape index (κ1) is 27.0. The Bertz CT molecular complexity index is 645. The van der Waals surface area contributed by atoms with Crippen molar-refractivity contribution in [2.75, 3.05) is 6.61 Å². The summed E-state index contributed by atoms with van der Waals surface area (Å²) >= 11 is 0. The SMILES string of the molecule is CCC1CCC(C2CCC(C(=O)OCC(C)C(=O)OC3CCC(C4CCCCC4)CC3)CC2)CC1. The third-order valence-corrected chi connectivity index (χ3v) is 10.4. The van der Waals surface area contributed by atoms with Gasteiger partial charge in [0.2, 0.25) is 0 Å². The molecule has 0 radical (unpaired) electrons. The van der Waals surface area contributed by atoms with Gasteiger partial charge in [-0.15, -0.1) is 0 Å². The van der Waals surface area contributed by atoms with Crippen molar-refractivity contribution in [1.29, 1.82) is 0 Å². The van der Waals surface area contributed by atoms with Crippen molar-refractivity contribution >= 4 is 11.9 Å². The standard InChI is InChI=1S/C31H52O4/c1-3-23-9-11-25(12-10-23)26-13-15-28(16-14-26)31(33)34-21-22(2)30(32)35-29-19-17-27(18-20-29)24-7-5-4-6-8-24/h22-29H,3-21H2,1-2H3. The molecule has 0 bridgehead atoms. The van der Waals surface area contributed by atoms with Crippen LogP contribution >= 0.6 is 0 Å². The highest BCUT2D eigenvalue weighted by atomic mass is 16.6. The number of hydrogen-bond acceptors (Lipinski definition) is 4. The molecular formula is C31H52O4. The lowest BCUT2D eigenvalue weighted by atomic mass is 9.69. The molecule has 0 N–H and O–H groups in total. The molecule has 0 aromatic carbocycles. The first-order chi connectivity index (χ1) is 17.0. The molecule has 0 aliphatic heterocycles. The maximum absolute atomic E-state index is 12.7. The molecule has 1 atom stereocenters. The summed E-state index contributed by atoms with van der Waals surface area (Å²) in [7, 11) is 0. The monoisotopic (exact) mass is 488 g/mol. The Morgan fingerprint density at radius 2 is 1.20 bits per heavy atom. The lowest BCUT2D eigenvalue weighted by molar-refractivity contribution is -0.161. The van der Waals surface area contributed by atoms with Gasteiger partial charge in [-0.05, 0) is 101 Å². The largest absolute Gasteiger partial charge is 0.465 e. The van der Waals surface area contributed by atoms with Crippen molar-refractivity contribution in [1.82, 2.24) is 0 Å². The van der Waals surface area contributed by atoms with Crippen LogP contribution in [0.4, 0.5) is 0 Å². The van der Waals surface area contributed by atoms with Crippen LogP contribution in [0.3, 0.4) is 0 Å². The predicted molar refractivity (Wildman–Crippen MR) is 140 cm³/mol. The van der Waals surface area contributed by atoms with Gasteiger partial charge >= 0.3 is 11.9 Å². The van der Waals surface area contributed by atoms with Crippen LogP contribution in [0.1, 0.15) is 129 Å². The van der Waals surface area contributed by atoms with Gasteiger partial charge in [0.15, 0.2) is 0 Å². The smallest absolute Gasteiger partial charge is 0.312 e. The topological polar surface area (TPSA) is 52.6 Å². The molecule has 4 saturated carbocycles. The van der Waals surface area contributed by atoms with Crippen molar-refractivity contribution in [3.8, 4) is 0 Å². The van der Waals surface area contributed by atoms with Crippen molar-refractivity contribution < 1.29 is 19.1 Å². The van der Waals surface area contributed by atoms with Crippen LogP contribution in [-0.2, 0) is 19.1 Å². The summed E-state index contributed by atoms with van der Waals surface area (Å²) in [5.74, 6) is 3.74. The van der Waals surface area contributed by atoms with Crippen molar-refractivity contribution in [2.45, 2.75) is 136 Å². The van der Waals surface area contributed by atoms with E-state index in [0.717, 1.165) is 55.3 Å². The predicted octanol–water partition coefficient (Wildman–Crippen LogP) is 7.87. The van der Waals surface area contributed by atoms with E-state index in [9.17, 15) is 9.59 Å². The number of carbonyl (C=O) groups excluding carboxylic acids is 2. The molecule has 0 spiro atoms. The fraction of sp³-hybridized carbons (Fsp3) is 0.935. The van der Waals surface area contributed by atoms with E-state index in [1.165, 1.54) is 89.9 Å². The molecule has 35 heavy (non-hydrogen) atoms. The Balaban J connectivity index is 1.09. The first-order valence-electron chi connectivity index (χ1n) is 15.4. The zero-order chi connectivity index (χ0) is 24.6. The lowest BCUT2D eigenvalue weighted by Gasteiger charge is -2.37. The van der Waals surface area contributed by atoms with E-state index in [-0.39, 0.29) is 36.5 Å². The zero-order valence-corrected chi connectivity index (χ0v) is 22.7. The van der Waals surface area contributed by atoms with Crippen LogP contribution in [0.5, 0.6) is 0 Å². The molecule has 200 valence electrons. The Hall–Kier alpha value is -1.06. The second kappa shape index (κ2) is 13.5. The second-order valence-corrected chi connectivity index (χ2v) is 12.7. The van der Waals surface area contributed by atoms with Gasteiger partial charge in [0.25, 0.3) is 0 Å². The molecule has 4 heteroatoms. The first-order valence-corrected chi connectivity index (χ1v) is 15.4. The number of carbonyl (C=O) groups is 2. The van der Waals surface area contributed by atoms with Crippen LogP contribution in [-0.4, -0.2) is 24.6 Å². The number of rotatable bonds is 8. The Morgan fingerprint density at radius 1 is 0.686 bits per heavy atom. The van der Waals surface area contributed by atoms with E-state index in [4.69, 9.17) is 9.47 Å². The van der Waals surface area contributed by atoms with Crippen LogP contribution < -0.4 is 0 Å². The normalized spacial score (nSPS) is 35.7. The number of esters is 2. The van der Waals surface area contributed by atoms with Crippen molar-refractivity contribution in [3.63, 3.8) is 0 Å². The lowest BCUT2D eigenvalue weighted by Crippen LogP contribution is -2.32. The van der Waals surface area contributed by atoms with E-state index < -0.39 is 0 Å². The Labute approximate surface area is 214 Å². The van der Waals surface area contributed by atoms with E-state index in [2.05, 4.69) is 6.92 Å². The van der Waals surface area contributed by atoms with E-state index in [1.54, 1.807) is 0 Å². The zero-order valence-electron chi connectivity index (χ0n) is 22.7. The van der Waals surface area contributed by atoms with Crippen LogP contribution in [0, 0.1) is 41.4 Å². The fourth-order valence-electron chi connectivity index (χ4n) is 7.85. The van der Waals surface area contributed by atoms with E-state index in [1.807, 2.05) is 6.92 Å². The van der Waals surface area contributed by atoms with Crippen molar-refractivity contribution in [3.05, 3.63) is 0 Å². The molecule has 0 amide bonds. The molecule has 4 aliphatic rings. The third kappa shape index (κ3) is 7.71. The summed E-state index contributed by atoms with van der Waals surface area (Å²) in [6.45, 7) is 4.33. The molecule has 0 saturated heterocycles. The maximum atomic E-state index is 12.7. The molecule has 0 aromatic rings. The average molecular weight is 489 g/mol. The van der Waals surface area contributed by atoms with Crippen LogP contribution in [0.15, 0.2) is 0 Å². The van der Waals surface area contributed by atoms with Crippen LogP contribution in [0.2, 0.25) is 0 Å². The number of hydrogen-bond donors (Lipinski definition) is 0. The van der Waals surface area contributed by atoms with Gasteiger partial charge in [0, 0.05) is 0 Å². The second-order valence-electron chi connectivity index (χ2n) is 12.7. The van der Waals surface area contributed by atoms with Crippen LogP contribution in [0.25, 0.3) is 0 Å². The maximum Gasteiger partial charge on any atom is 0.312 e. The molecule has 1 unspecified atom stereocenters. The summed E-state index contributed by atoms with van der Waals surface area (Å²) < 4.78 is 11.5. The highest BCUT2D eigenvalue weighted by Crippen LogP contribution is 2.42. The van der Waals surface area contributed by atoms with E-state index in [0.29, 0.717) is 0 Å². The number of ether oxygens (including phenoxy) is 2.